The van der Waals surface area contributed by atoms with Crippen LogP contribution in [0.4, 0.5) is 0 Å². The summed E-state index contributed by atoms with van der Waals surface area (Å²) in [7, 11) is -3.70. The van der Waals surface area contributed by atoms with Crippen molar-refractivity contribution in [2.75, 3.05) is 0 Å². The average molecular weight is 363 g/mol. The van der Waals surface area contributed by atoms with Crippen molar-refractivity contribution in [3.8, 4) is 11.3 Å². The summed E-state index contributed by atoms with van der Waals surface area (Å²) >= 11 is 0. The Labute approximate surface area is 151 Å². The van der Waals surface area contributed by atoms with Gasteiger partial charge in [0.2, 0.25) is 9.84 Å². The smallest absolute Gasteiger partial charge is 0.223 e. The second kappa shape index (κ2) is 6.07. The van der Waals surface area contributed by atoms with Gasteiger partial charge in [-0.25, -0.2) is 18.4 Å². The summed E-state index contributed by atoms with van der Waals surface area (Å²) in [5, 5.41) is 0.102. The number of sulfone groups is 1. The third kappa shape index (κ3) is 2.68. The van der Waals surface area contributed by atoms with Crippen LogP contribution in [0.5, 0.6) is 0 Å². The number of aromatic nitrogens is 3. The van der Waals surface area contributed by atoms with Gasteiger partial charge in [0.05, 0.1) is 11.1 Å². The van der Waals surface area contributed by atoms with Gasteiger partial charge in [-0.15, -0.1) is 0 Å². The summed E-state index contributed by atoms with van der Waals surface area (Å²) in [6.45, 7) is 3.93. The molecule has 0 unspecified atom stereocenters. The van der Waals surface area contributed by atoms with E-state index in [1.165, 1.54) is 6.20 Å². The molecule has 0 N–H and O–H groups in total. The van der Waals surface area contributed by atoms with Crippen LogP contribution in [0.2, 0.25) is 0 Å². The first-order valence-electron chi connectivity index (χ1n) is 8.18. The minimum atomic E-state index is -3.70. The zero-order valence-electron chi connectivity index (χ0n) is 14.4. The Bertz CT molecular complexity index is 1190. The third-order valence-corrected chi connectivity index (χ3v) is 6.07. The lowest BCUT2D eigenvalue weighted by Crippen LogP contribution is -2.09. The lowest BCUT2D eigenvalue weighted by atomic mass is 10.1. The molecule has 0 aliphatic rings. The fourth-order valence-electron chi connectivity index (χ4n) is 2.85. The van der Waals surface area contributed by atoms with E-state index < -0.39 is 9.84 Å². The van der Waals surface area contributed by atoms with Gasteiger partial charge < -0.3 is 0 Å². The first-order chi connectivity index (χ1) is 12.5. The topological polar surface area (TPSA) is 64.3 Å². The van der Waals surface area contributed by atoms with E-state index in [2.05, 4.69) is 9.97 Å². The molecule has 2 aromatic carbocycles. The van der Waals surface area contributed by atoms with Crippen molar-refractivity contribution in [1.29, 1.82) is 0 Å². The lowest BCUT2D eigenvalue weighted by Gasteiger charge is -2.10. The maximum atomic E-state index is 13.1. The Morgan fingerprint density at radius 2 is 1.46 bits per heavy atom. The number of rotatable bonds is 3. The van der Waals surface area contributed by atoms with Gasteiger partial charge >= 0.3 is 0 Å². The molecule has 6 heteroatoms. The Morgan fingerprint density at radius 1 is 0.846 bits per heavy atom. The maximum Gasteiger partial charge on any atom is 0.223 e. The Hall–Kier alpha value is -2.99. The molecule has 2 heterocycles. The molecule has 0 fully saturated rings. The normalized spacial score (nSPS) is 11.8. The number of hydrogen-bond donors (Lipinski definition) is 0. The van der Waals surface area contributed by atoms with Crippen LogP contribution in [-0.4, -0.2) is 22.8 Å². The van der Waals surface area contributed by atoms with Crippen molar-refractivity contribution >= 4 is 15.5 Å². The van der Waals surface area contributed by atoms with Gasteiger partial charge in [0.15, 0.2) is 10.7 Å². The molecule has 0 bridgehead atoms. The van der Waals surface area contributed by atoms with E-state index >= 15 is 0 Å². The first kappa shape index (κ1) is 16.5. The second-order valence-electron chi connectivity index (χ2n) is 6.25. The molecule has 2 aromatic heterocycles. The summed E-state index contributed by atoms with van der Waals surface area (Å²) in [4.78, 5) is 9.00. The monoisotopic (exact) mass is 363 g/mol. The number of benzene rings is 2. The summed E-state index contributed by atoms with van der Waals surface area (Å²) in [6, 6.07) is 14.7. The average Bonchev–Trinajstić information content (AvgIpc) is 3.11. The van der Waals surface area contributed by atoms with Crippen molar-refractivity contribution < 1.29 is 8.42 Å². The quantitative estimate of drug-likeness (QED) is 0.555. The minimum Gasteiger partial charge on any atom is -0.287 e. The Balaban J connectivity index is 1.91. The fraction of sp³-hybridized carbons (Fsp3) is 0.100. The van der Waals surface area contributed by atoms with Gasteiger partial charge in [0.25, 0.3) is 0 Å². The van der Waals surface area contributed by atoms with Gasteiger partial charge in [-0.1, -0.05) is 47.5 Å². The minimum absolute atomic E-state index is 0.102. The summed E-state index contributed by atoms with van der Waals surface area (Å²) < 4.78 is 27.7. The number of aryl methyl sites for hydroxylation is 2. The zero-order valence-corrected chi connectivity index (χ0v) is 15.2. The van der Waals surface area contributed by atoms with Crippen LogP contribution in [0.15, 0.2) is 77.0 Å². The highest BCUT2D eigenvalue weighted by atomic mass is 32.2. The van der Waals surface area contributed by atoms with Crippen LogP contribution < -0.4 is 0 Å². The molecule has 0 spiro atoms. The van der Waals surface area contributed by atoms with Crippen molar-refractivity contribution in [3.63, 3.8) is 0 Å². The molecule has 0 aliphatic heterocycles. The van der Waals surface area contributed by atoms with Gasteiger partial charge in [0, 0.05) is 18.0 Å². The molecule has 4 aromatic rings. The van der Waals surface area contributed by atoms with E-state index in [0.717, 1.165) is 16.7 Å². The zero-order chi connectivity index (χ0) is 18.3. The standard InChI is InChI=1S/C20H17N3O2S/c1-14-3-7-16(8-4-14)19-20-21-11-12-23(20)18(13-22-19)26(24,25)17-9-5-15(2)6-10-17/h3-13H,1-2H3. The molecule has 5 nitrogen and oxygen atoms in total. The van der Waals surface area contributed by atoms with Crippen molar-refractivity contribution in [2.24, 2.45) is 0 Å². The van der Waals surface area contributed by atoms with Crippen LogP contribution in [0, 0.1) is 13.8 Å². The maximum absolute atomic E-state index is 13.1. The van der Waals surface area contributed by atoms with Gasteiger partial charge in [0.1, 0.15) is 5.69 Å². The SMILES string of the molecule is Cc1ccc(-c2ncc(S(=O)(=O)c3ccc(C)cc3)n3ccnc23)cc1. The highest BCUT2D eigenvalue weighted by molar-refractivity contribution is 7.91. The van der Waals surface area contributed by atoms with E-state index in [0.29, 0.717) is 11.3 Å². The summed E-state index contributed by atoms with van der Waals surface area (Å²) in [6.07, 6.45) is 4.64. The van der Waals surface area contributed by atoms with E-state index in [9.17, 15) is 8.42 Å². The van der Waals surface area contributed by atoms with Gasteiger partial charge in [-0.3, -0.25) is 4.40 Å². The molecule has 0 aliphatic carbocycles. The molecule has 0 atom stereocenters. The Kier molecular flexibility index (Phi) is 3.85. The predicted molar refractivity (Wildman–Crippen MR) is 99.8 cm³/mol. The van der Waals surface area contributed by atoms with Crippen LogP contribution in [0.1, 0.15) is 11.1 Å². The van der Waals surface area contributed by atoms with Gasteiger partial charge in [-0.2, -0.15) is 0 Å². The van der Waals surface area contributed by atoms with Crippen LogP contribution in [-0.2, 0) is 9.84 Å². The second-order valence-corrected chi connectivity index (χ2v) is 8.14. The highest BCUT2D eigenvalue weighted by Crippen LogP contribution is 2.27. The highest BCUT2D eigenvalue weighted by Gasteiger charge is 2.23. The molecule has 0 radical (unpaired) electrons. The van der Waals surface area contributed by atoms with Crippen LogP contribution in [0.25, 0.3) is 16.9 Å². The number of fused-ring (bicyclic) bond motifs is 1. The van der Waals surface area contributed by atoms with Crippen LogP contribution in [0.3, 0.4) is 0 Å². The molecular weight excluding hydrogens is 346 g/mol. The van der Waals surface area contributed by atoms with Crippen molar-refractivity contribution in [1.82, 2.24) is 14.4 Å². The lowest BCUT2D eigenvalue weighted by molar-refractivity contribution is 0.590. The molecule has 0 saturated heterocycles. The summed E-state index contributed by atoms with van der Waals surface area (Å²) in [5.74, 6) is 0. The largest absolute Gasteiger partial charge is 0.287 e. The van der Waals surface area contributed by atoms with Gasteiger partial charge in [-0.05, 0) is 26.0 Å². The molecule has 130 valence electrons. The molecular formula is C20H17N3O2S. The molecule has 4 rings (SSSR count). The van der Waals surface area contributed by atoms with Crippen LogP contribution >= 0.6 is 0 Å². The fourth-order valence-corrected chi connectivity index (χ4v) is 4.18. The predicted octanol–water partition coefficient (Wildman–Crippen LogP) is 3.85. The number of nitrogens with zero attached hydrogens (tertiary/aromatic N) is 3. The summed E-state index contributed by atoms with van der Waals surface area (Å²) in [5.41, 5.74) is 4.21. The molecule has 0 saturated carbocycles. The van der Waals surface area contributed by atoms with E-state index in [-0.39, 0.29) is 9.92 Å². The number of hydrogen-bond acceptors (Lipinski definition) is 4. The first-order valence-corrected chi connectivity index (χ1v) is 9.66. The molecule has 0 amide bonds. The van der Waals surface area contributed by atoms with Crippen molar-refractivity contribution in [3.05, 3.63) is 78.2 Å². The van der Waals surface area contributed by atoms with E-state index in [1.807, 2.05) is 38.1 Å². The Morgan fingerprint density at radius 3 is 2.12 bits per heavy atom. The molecule has 26 heavy (non-hydrogen) atoms. The van der Waals surface area contributed by atoms with Crippen molar-refractivity contribution in [2.45, 2.75) is 23.8 Å². The number of imidazole rings is 1. The van der Waals surface area contributed by atoms with E-state index in [4.69, 9.17) is 0 Å². The van der Waals surface area contributed by atoms with E-state index in [1.54, 1.807) is 41.1 Å². The third-order valence-electron chi connectivity index (χ3n) is 4.33.